The molecule has 0 N–H and O–H groups in total. The molecule has 0 saturated carbocycles. The van der Waals surface area contributed by atoms with Crippen molar-refractivity contribution in [2.45, 2.75) is 45.4 Å². The molecule has 2 heteroatoms. The predicted molar refractivity (Wildman–Crippen MR) is 57.9 cm³/mol. The van der Waals surface area contributed by atoms with E-state index in [4.69, 9.17) is 0 Å². The summed E-state index contributed by atoms with van der Waals surface area (Å²) < 4.78 is 0. The molecule has 0 nitrogen and oxygen atoms in total. The summed E-state index contributed by atoms with van der Waals surface area (Å²) >= 11 is 0. The zero-order valence-electron chi connectivity index (χ0n) is 6.53. The monoisotopic (exact) mass is 264 g/mol. The molecule has 0 heterocycles. The Morgan fingerprint density at radius 3 is 1.90 bits per heavy atom. The summed E-state index contributed by atoms with van der Waals surface area (Å²) in [5, 5.41) is 0. The van der Waals surface area contributed by atoms with Crippen LogP contribution in [0.15, 0.2) is 0 Å². The van der Waals surface area contributed by atoms with Gasteiger partial charge in [0.25, 0.3) is 0 Å². The van der Waals surface area contributed by atoms with Crippen LogP contribution >= 0.6 is 9.24 Å². The molecule has 1 atom stereocenters. The second kappa shape index (κ2) is 12.9. The van der Waals surface area contributed by atoms with Gasteiger partial charge in [-0.3, -0.25) is 0 Å². The van der Waals surface area contributed by atoms with Gasteiger partial charge in [0.1, 0.15) is 0 Å². The average Bonchev–Trinajstić information content (AvgIpc) is 1.89. The van der Waals surface area contributed by atoms with Crippen LogP contribution in [0, 0.1) is 0 Å². The van der Waals surface area contributed by atoms with Gasteiger partial charge in [-0.2, -0.15) is 0 Å². The van der Waals surface area contributed by atoms with Crippen molar-refractivity contribution in [1.82, 2.24) is 0 Å². The quantitative estimate of drug-likeness (QED) is 0.508. The maximum atomic E-state index is 2.78. The van der Waals surface area contributed by atoms with Crippen LogP contribution in [0.2, 0.25) is 0 Å². The molecule has 0 radical (unpaired) electrons. The van der Waals surface area contributed by atoms with Crippen LogP contribution in [0.5, 0.6) is 0 Å². The summed E-state index contributed by atoms with van der Waals surface area (Å²) in [6.45, 7) is 2.26. The first-order chi connectivity index (χ1) is 4.41. The van der Waals surface area contributed by atoms with Crippen LogP contribution in [0.4, 0.5) is 0 Å². The third-order valence-electron chi connectivity index (χ3n) is 1.56. The van der Waals surface area contributed by atoms with E-state index in [1.807, 2.05) is 0 Å². The minimum absolute atomic E-state index is 0. The molecule has 0 aliphatic rings. The van der Waals surface area contributed by atoms with Gasteiger partial charge in [0.15, 0.2) is 0 Å². The fourth-order valence-electron chi connectivity index (χ4n) is 0.925. The van der Waals surface area contributed by atoms with Gasteiger partial charge in [-0.1, -0.05) is 39.0 Å². The molecule has 1 unspecified atom stereocenters. The Bertz CT molecular complexity index is 42.5. The molecule has 0 aromatic carbocycles. The Hall–Kier alpha value is 1.30. The molecule has 0 bridgehead atoms. The van der Waals surface area contributed by atoms with Crippen molar-refractivity contribution in [2.75, 3.05) is 6.16 Å². The van der Waals surface area contributed by atoms with E-state index in [-0.39, 0.29) is 25.8 Å². The van der Waals surface area contributed by atoms with E-state index in [1.165, 1.54) is 44.7 Å². The second-order valence-electron chi connectivity index (χ2n) is 2.56. The van der Waals surface area contributed by atoms with Crippen molar-refractivity contribution in [3.05, 3.63) is 0 Å². The molecule has 0 saturated heterocycles. The molecule has 0 rings (SSSR count). The van der Waals surface area contributed by atoms with E-state index in [9.17, 15) is 0 Å². The molecule has 0 amide bonds. The predicted octanol–water partition coefficient (Wildman–Crippen LogP) is 2.04. The van der Waals surface area contributed by atoms with Gasteiger partial charge >= 0.3 is 25.8 Å². The first kappa shape index (κ1) is 13.9. The third kappa shape index (κ3) is 12.0. The van der Waals surface area contributed by atoms with Crippen molar-refractivity contribution in [3.63, 3.8) is 0 Å². The number of hydrogen-bond donors (Lipinski definition) is 0. The summed E-state index contributed by atoms with van der Waals surface area (Å²) in [5.74, 6) is 0. The Balaban J connectivity index is 0. The van der Waals surface area contributed by atoms with Crippen LogP contribution in [0.1, 0.15) is 45.4 Å². The van der Waals surface area contributed by atoms with Crippen molar-refractivity contribution < 1.29 is 0 Å². The van der Waals surface area contributed by atoms with Gasteiger partial charge in [0, 0.05) is 0 Å². The number of hydrogen-bond acceptors (Lipinski definition) is 0. The van der Waals surface area contributed by atoms with E-state index >= 15 is 0 Å². The van der Waals surface area contributed by atoms with Gasteiger partial charge in [0.05, 0.1) is 0 Å². The van der Waals surface area contributed by atoms with Gasteiger partial charge < -0.3 is 0 Å². The average molecular weight is 264 g/mol. The van der Waals surface area contributed by atoms with Crippen molar-refractivity contribution in [2.24, 2.45) is 0 Å². The van der Waals surface area contributed by atoms with Gasteiger partial charge in [0.2, 0.25) is 0 Å². The zero-order valence-corrected chi connectivity index (χ0v) is 7.68. The summed E-state index contributed by atoms with van der Waals surface area (Å²) in [6.07, 6.45) is 9.80. The first-order valence-corrected chi connectivity index (χ1v) is 4.93. The molecular weight excluding hydrogens is 242 g/mol. The Kier molecular flexibility index (Phi) is 17.9. The normalized spacial score (nSPS) is 9.00. The van der Waals surface area contributed by atoms with Gasteiger partial charge in [-0.15, -0.1) is 9.24 Å². The molecule has 0 fully saturated rings. The zero-order chi connectivity index (χ0) is 6.95. The van der Waals surface area contributed by atoms with E-state index in [1.54, 1.807) is 0 Å². The first-order valence-electron chi connectivity index (χ1n) is 4.12. The maximum absolute atomic E-state index is 2.78. The van der Waals surface area contributed by atoms with Crippen molar-refractivity contribution in [1.29, 1.82) is 0 Å². The molecule has 0 aromatic heterocycles. The minimum atomic E-state index is 0. The fourth-order valence-corrected chi connectivity index (χ4v) is 1.21. The van der Waals surface area contributed by atoms with E-state index in [0.29, 0.717) is 0 Å². The summed E-state index contributed by atoms with van der Waals surface area (Å²) in [4.78, 5) is 0. The van der Waals surface area contributed by atoms with E-state index in [2.05, 4.69) is 16.2 Å². The van der Waals surface area contributed by atoms with Crippen LogP contribution in [-0.4, -0.2) is 32.0 Å². The Labute approximate surface area is 86.5 Å². The molecule has 0 spiro atoms. The number of unbranched alkanes of at least 4 members (excludes halogenated alkanes) is 5. The summed E-state index contributed by atoms with van der Waals surface area (Å²) in [7, 11) is 2.78. The van der Waals surface area contributed by atoms with Crippen LogP contribution in [0.3, 0.4) is 0 Å². The topological polar surface area (TPSA) is 0 Å². The Morgan fingerprint density at radius 2 is 1.40 bits per heavy atom. The van der Waals surface area contributed by atoms with Crippen LogP contribution < -0.4 is 0 Å². The molecule has 0 aliphatic carbocycles. The van der Waals surface area contributed by atoms with Crippen LogP contribution in [0.25, 0.3) is 0 Å². The molecule has 0 aliphatic heterocycles. The molecular formula is C8H22InP. The standard InChI is InChI=1S/C8H19P.In.3H/c1-2-3-4-5-6-7-8-9;;;;/h2-9H2,1H3;;;;. The molecule has 0 aromatic rings. The van der Waals surface area contributed by atoms with Gasteiger partial charge in [-0.05, 0) is 12.6 Å². The van der Waals surface area contributed by atoms with E-state index < -0.39 is 0 Å². The second-order valence-corrected chi connectivity index (χ2v) is 3.13. The Morgan fingerprint density at radius 1 is 0.900 bits per heavy atom. The summed E-state index contributed by atoms with van der Waals surface area (Å²) in [5.41, 5.74) is 0. The van der Waals surface area contributed by atoms with E-state index in [0.717, 1.165) is 0 Å². The summed E-state index contributed by atoms with van der Waals surface area (Å²) in [6, 6.07) is 0. The van der Waals surface area contributed by atoms with Gasteiger partial charge in [-0.25, -0.2) is 0 Å². The SMILES string of the molecule is CCCCCCCCP.[InH3]. The van der Waals surface area contributed by atoms with Crippen molar-refractivity contribution >= 4 is 35.1 Å². The molecule has 62 valence electrons. The van der Waals surface area contributed by atoms with Crippen molar-refractivity contribution in [3.8, 4) is 0 Å². The molecule has 10 heavy (non-hydrogen) atoms. The third-order valence-corrected chi connectivity index (χ3v) is 1.97. The van der Waals surface area contributed by atoms with Crippen LogP contribution in [-0.2, 0) is 0 Å². The fraction of sp³-hybridized carbons (Fsp3) is 1.00. The number of rotatable bonds is 6.